The van der Waals surface area contributed by atoms with E-state index in [9.17, 15) is 4.79 Å². The molecule has 5 rings (SSSR count). The number of carbonyl (C=O) groups is 1. The van der Waals surface area contributed by atoms with Crippen LogP contribution in [0.25, 0.3) is 0 Å². The van der Waals surface area contributed by atoms with Gasteiger partial charge in [-0.05, 0) is 51.2 Å². The van der Waals surface area contributed by atoms with Crippen molar-refractivity contribution in [3.63, 3.8) is 0 Å². The molecule has 308 valence electrons. The van der Waals surface area contributed by atoms with Crippen LogP contribution in [0.3, 0.4) is 0 Å². The van der Waals surface area contributed by atoms with Crippen molar-refractivity contribution in [3.05, 3.63) is 90.5 Å². The summed E-state index contributed by atoms with van der Waals surface area (Å²) >= 11 is 0. The first-order valence-electron chi connectivity index (χ1n) is 20.5. The second-order valence-electron chi connectivity index (χ2n) is 18.5. The summed E-state index contributed by atoms with van der Waals surface area (Å²) in [4.78, 5) is 12.2. The molecule has 2 heterocycles. The fourth-order valence-electron chi connectivity index (χ4n) is 8.25. The van der Waals surface area contributed by atoms with E-state index in [0.717, 1.165) is 17.6 Å². The van der Waals surface area contributed by atoms with Crippen LogP contribution in [-0.2, 0) is 39.2 Å². The molecule has 2 fully saturated rings. The smallest absolute Gasteiger partial charge is 0.261 e. The zero-order chi connectivity index (χ0) is 40.8. The number of hydrogen-bond acceptors (Lipinski definition) is 8. The monoisotopic (exact) mass is 804 g/mol. The number of ether oxygens (including phenoxy) is 5. The molecular formula is C46H68O8Si2. The molecule has 0 saturated carbocycles. The van der Waals surface area contributed by atoms with Gasteiger partial charge in [-0.15, -0.1) is 0 Å². The van der Waals surface area contributed by atoms with Crippen molar-refractivity contribution >= 4 is 33.3 Å². The quantitative estimate of drug-likeness (QED) is 0.105. The summed E-state index contributed by atoms with van der Waals surface area (Å²) in [7, 11) is -1.60. The van der Waals surface area contributed by atoms with Gasteiger partial charge in [-0.1, -0.05) is 121 Å². The van der Waals surface area contributed by atoms with Crippen molar-refractivity contribution in [1.82, 2.24) is 0 Å². The zero-order valence-corrected chi connectivity index (χ0v) is 37.8. The third-order valence-electron chi connectivity index (χ3n) is 12.3. The third kappa shape index (κ3) is 10.5. The minimum absolute atomic E-state index is 0.0316. The van der Waals surface area contributed by atoms with Crippen LogP contribution in [0.5, 0.6) is 5.75 Å². The van der Waals surface area contributed by atoms with E-state index in [2.05, 4.69) is 115 Å². The van der Waals surface area contributed by atoms with Gasteiger partial charge >= 0.3 is 0 Å². The lowest BCUT2D eigenvalue weighted by atomic mass is 9.87. The Morgan fingerprint density at radius 2 is 1.34 bits per heavy atom. The molecule has 2 aliphatic heterocycles. The topological polar surface area (TPSA) is 81.7 Å². The van der Waals surface area contributed by atoms with Crippen molar-refractivity contribution in [1.29, 1.82) is 0 Å². The predicted molar refractivity (Wildman–Crippen MR) is 229 cm³/mol. The normalized spacial score (nSPS) is 24.8. The first kappa shape index (κ1) is 44.4. The minimum atomic E-state index is -2.84. The zero-order valence-electron chi connectivity index (χ0n) is 35.8. The molecule has 0 N–H and O–H groups in total. The molecule has 0 aromatic heterocycles. The highest BCUT2D eigenvalue weighted by atomic mass is 28.4. The molecule has 0 radical (unpaired) electrons. The van der Waals surface area contributed by atoms with Gasteiger partial charge < -0.3 is 37.3 Å². The molecule has 10 heteroatoms. The van der Waals surface area contributed by atoms with Crippen LogP contribution in [0.2, 0.25) is 23.2 Å². The van der Waals surface area contributed by atoms with Gasteiger partial charge in [0.15, 0.2) is 14.1 Å². The Bertz CT molecular complexity index is 1620. The van der Waals surface area contributed by atoms with Gasteiger partial charge in [0.1, 0.15) is 12.0 Å². The average molecular weight is 805 g/mol. The molecule has 3 aromatic rings. The lowest BCUT2D eigenvalue weighted by Crippen LogP contribution is -2.67. The second kappa shape index (κ2) is 18.5. The molecule has 7 atom stereocenters. The average Bonchev–Trinajstić information content (AvgIpc) is 3.16. The number of hydrogen-bond donors (Lipinski definition) is 0. The molecule has 0 unspecified atom stereocenters. The van der Waals surface area contributed by atoms with Gasteiger partial charge in [-0.25, -0.2) is 0 Å². The maximum absolute atomic E-state index is 12.2. The molecular weight excluding hydrogens is 737 g/mol. The number of aldehydes is 1. The van der Waals surface area contributed by atoms with Crippen LogP contribution < -0.4 is 15.1 Å². The molecule has 0 aliphatic carbocycles. The van der Waals surface area contributed by atoms with E-state index in [1.165, 1.54) is 10.4 Å². The van der Waals surface area contributed by atoms with Crippen LogP contribution in [0.4, 0.5) is 0 Å². The van der Waals surface area contributed by atoms with E-state index in [1.807, 2.05) is 31.2 Å². The molecule has 2 aliphatic rings. The molecule has 0 amide bonds. The SMILES string of the molecule is COc1ccc(CO[C@@H](C[C@@H]2C[C@H](OC)C[C@]3(C[C@@H](O[Si](C)(C)C(C)(C)C)C[C@H](CO[Si](c4ccccc4)(c4ccccc4)C(C)(C)C)O3)O2)[C@@H](C)C=O)cc1. The highest BCUT2D eigenvalue weighted by molar-refractivity contribution is 6.99. The van der Waals surface area contributed by atoms with E-state index < -0.39 is 22.4 Å². The lowest BCUT2D eigenvalue weighted by Gasteiger charge is -2.52. The largest absolute Gasteiger partial charge is 0.497 e. The van der Waals surface area contributed by atoms with Crippen LogP contribution in [0.15, 0.2) is 84.9 Å². The summed E-state index contributed by atoms with van der Waals surface area (Å²) in [5.41, 5.74) is 1.01. The van der Waals surface area contributed by atoms with E-state index >= 15 is 0 Å². The lowest BCUT2D eigenvalue weighted by molar-refractivity contribution is -0.343. The maximum Gasteiger partial charge on any atom is 0.261 e. The van der Waals surface area contributed by atoms with Crippen molar-refractivity contribution in [2.45, 2.75) is 147 Å². The van der Waals surface area contributed by atoms with Gasteiger partial charge in [0.25, 0.3) is 8.32 Å². The summed E-state index contributed by atoms with van der Waals surface area (Å²) in [6.07, 6.45) is 2.94. The summed E-state index contributed by atoms with van der Waals surface area (Å²) < 4.78 is 47.0. The predicted octanol–water partition coefficient (Wildman–Crippen LogP) is 8.84. The van der Waals surface area contributed by atoms with Crippen molar-refractivity contribution < 1.29 is 37.3 Å². The van der Waals surface area contributed by atoms with Crippen molar-refractivity contribution in [2.75, 3.05) is 20.8 Å². The standard InChI is InChI=1S/C46H68O8Si2/c1-34(31-47)43(50-32-35-22-24-36(48-8)25-23-35)28-37-26-38(49-9)29-46(52-37)30-39(54-55(10,11)44(2,3)4)27-40(53-46)33-51-56(45(5,6)7,41-18-14-12-15-19-41)42-20-16-13-17-21-42/h12-25,31,34,37-40,43H,26-30,32-33H2,1-11H3/t34-,37-,38-,39-,40+,43-,46-/m0/s1. The van der Waals surface area contributed by atoms with Crippen LogP contribution in [0.1, 0.15) is 86.1 Å². The molecule has 56 heavy (non-hydrogen) atoms. The number of benzene rings is 3. The third-order valence-corrected chi connectivity index (χ3v) is 21.9. The fraction of sp³-hybridized carbons (Fsp3) is 0.587. The first-order valence-corrected chi connectivity index (χ1v) is 25.3. The van der Waals surface area contributed by atoms with Gasteiger partial charge in [0.2, 0.25) is 0 Å². The van der Waals surface area contributed by atoms with E-state index in [0.29, 0.717) is 45.3 Å². The number of carbonyl (C=O) groups excluding carboxylic acids is 1. The Hall–Kier alpha value is -2.68. The van der Waals surface area contributed by atoms with Crippen LogP contribution in [0, 0.1) is 5.92 Å². The van der Waals surface area contributed by atoms with Gasteiger partial charge in [-0.3, -0.25) is 0 Å². The van der Waals surface area contributed by atoms with Gasteiger partial charge in [0.05, 0.1) is 50.8 Å². The fourth-order valence-corrected chi connectivity index (χ4v) is 14.2. The van der Waals surface area contributed by atoms with Crippen LogP contribution in [-0.4, -0.2) is 80.1 Å². The van der Waals surface area contributed by atoms with E-state index in [-0.39, 0.29) is 46.5 Å². The molecule has 1 spiro atoms. The number of methoxy groups -OCH3 is 2. The first-order chi connectivity index (χ1) is 26.4. The van der Waals surface area contributed by atoms with Crippen molar-refractivity contribution in [2.24, 2.45) is 5.92 Å². The number of rotatable bonds is 16. The Balaban J connectivity index is 1.46. The summed E-state index contributed by atoms with van der Waals surface area (Å²) in [6.45, 7) is 21.1. The van der Waals surface area contributed by atoms with E-state index in [1.54, 1.807) is 14.2 Å². The summed E-state index contributed by atoms with van der Waals surface area (Å²) in [5, 5.41) is 2.32. The van der Waals surface area contributed by atoms with Gasteiger partial charge in [-0.2, -0.15) is 0 Å². The Kier molecular flexibility index (Phi) is 14.7. The van der Waals surface area contributed by atoms with E-state index in [4.69, 9.17) is 32.5 Å². The minimum Gasteiger partial charge on any atom is -0.497 e. The molecule has 2 saturated heterocycles. The summed E-state index contributed by atoms with van der Waals surface area (Å²) in [6, 6.07) is 29.3. The second-order valence-corrected chi connectivity index (χ2v) is 27.6. The Labute approximate surface area is 339 Å². The molecule has 8 nitrogen and oxygen atoms in total. The molecule has 3 aromatic carbocycles. The Morgan fingerprint density at radius 1 is 0.786 bits per heavy atom. The maximum atomic E-state index is 12.2. The van der Waals surface area contributed by atoms with Crippen molar-refractivity contribution in [3.8, 4) is 5.75 Å². The van der Waals surface area contributed by atoms with Gasteiger partial charge in [0, 0.05) is 45.1 Å². The van der Waals surface area contributed by atoms with Crippen LogP contribution >= 0.6 is 0 Å². The Morgan fingerprint density at radius 3 is 1.86 bits per heavy atom. The highest BCUT2D eigenvalue weighted by Gasteiger charge is 2.54. The highest BCUT2D eigenvalue weighted by Crippen LogP contribution is 2.46. The summed E-state index contributed by atoms with van der Waals surface area (Å²) in [5.74, 6) is -0.499. The molecule has 0 bridgehead atoms.